The Labute approximate surface area is 147 Å². The molecular weight excluding hydrogens is 326 g/mol. The van der Waals surface area contributed by atoms with Gasteiger partial charge in [-0.2, -0.15) is 0 Å². The molecule has 0 atom stereocenters. The third-order valence-electron chi connectivity index (χ3n) is 4.24. The van der Waals surface area contributed by atoms with Crippen LogP contribution in [-0.4, -0.2) is 41.2 Å². The fourth-order valence-corrected chi connectivity index (χ4v) is 3.16. The van der Waals surface area contributed by atoms with Gasteiger partial charge in [-0.15, -0.1) is 0 Å². The van der Waals surface area contributed by atoms with Gasteiger partial charge in [-0.05, 0) is 37.5 Å². The monoisotopic (exact) mass is 347 g/mol. The number of methoxy groups -OCH3 is 1. The number of hydrogen-bond acceptors (Lipinski definition) is 5. The maximum atomic E-state index is 6.14. The van der Waals surface area contributed by atoms with Gasteiger partial charge in [0.1, 0.15) is 11.1 Å². The molecular formula is C18H22ClN3O2. The average Bonchev–Trinajstić information content (AvgIpc) is 2.59. The first-order valence-corrected chi connectivity index (χ1v) is 8.52. The molecule has 3 heterocycles. The van der Waals surface area contributed by atoms with Crippen LogP contribution in [-0.2, 0) is 6.54 Å². The van der Waals surface area contributed by atoms with Crippen LogP contribution in [0.15, 0.2) is 30.6 Å². The summed E-state index contributed by atoms with van der Waals surface area (Å²) in [5.41, 5.74) is 2.18. The second-order valence-electron chi connectivity index (χ2n) is 6.05. The van der Waals surface area contributed by atoms with E-state index >= 15 is 0 Å². The third kappa shape index (κ3) is 4.16. The number of nitrogens with zero attached hydrogens (tertiary/aromatic N) is 3. The van der Waals surface area contributed by atoms with Crippen LogP contribution in [0.4, 0.5) is 0 Å². The lowest BCUT2D eigenvalue weighted by Gasteiger charge is -2.32. The van der Waals surface area contributed by atoms with E-state index in [0.29, 0.717) is 10.9 Å². The summed E-state index contributed by atoms with van der Waals surface area (Å²) in [5.74, 6) is 1.22. The van der Waals surface area contributed by atoms with Gasteiger partial charge in [-0.3, -0.25) is 4.90 Å². The molecule has 2 aromatic heterocycles. The summed E-state index contributed by atoms with van der Waals surface area (Å²) < 4.78 is 11.1. The van der Waals surface area contributed by atoms with Gasteiger partial charge in [-0.25, -0.2) is 9.97 Å². The molecule has 0 saturated carbocycles. The van der Waals surface area contributed by atoms with Gasteiger partial charge in [0.25, 0.3) is 0 Å². The minimum atomic E-state index is 0.229. The molecule has 1 aliphatic heterocycles. The van der Waals surface area contributed by atoms with Gasteiger partial charge in [0.15, 0.2) is 0 Å². The molecule has 1 saturated heterocycles. The summed E-state index contributed by atoms with van der Waals surface area (Å²) in [5, 5.41) is 0.554. The van der Waals surface area contributed by atoms with E-state index in [0.717, 1.165) is 49.5 Å². The Morgan fingerprint density at radius 3 is 2.71 bits per heavy atom. The van der Waals surface area contributed by atoms with E-state index in [1.165, 1.54) is 0 Å². The maximum Gasteiger partial charge on any atom is 0.232 e. The first-order chi connectivity index (χ1) is 11.7. The molecule has 1 aliphatic rings. The lowest BCUT2D eigenvalue weighted by atomic mass is 10.1. The summed E-state index contributed by atoms with van der Waals surface area (Å²) in [6, 6.07) is 5.88. The van der Waals surface area contributed by atoms with Crippen molar-refractivity contribution in [1.29, 1.82) is 0 Å². The van der Waals surface area contributed by atoms with E-state index in [2.05, 4.69) is 14.9 Å². The van der Waals surface area contributed by atoms with E-state index in [-0.39, 0.29) is 6.10 Å². The van der Waals surface area contributed by atoms with Crippen LogP contribution in [0, 0.1) is 6.92 Å². The van der Waals surface area contributed by atoms with Crippen molar-refractivity contribution in [3.05, 3.63) is 46.7 Å². The highest BCUT2D eigenvalue weighted by atomic mass is 35.5. The zero-order valence-electron chi connectivity index (χ0n) is 14.0. The van der Waals surface area contributed by atoms with Crippen LogP contribution in [0.1, 0.15) is 24.0 Å². The molecule has 128 valence electrons. The summed E-state index contributed by atoms with van der Waals surface area (Å²) in [6.07, 6.45) is 5.82. The molecule has 3 rings (SSSR count). The molecule has 6 heteroatoms. The number of halogens is 1. The van der Waals surface area contributed by atoms with Crippen LogP contribution < -0.4 is 9.47 Å². The van der Waals surface area contributed by atoms with Crippen molar-refractivity contribution >= 4 is 11.6 Å². The van der Waals surface area contributed by atoms with Crippen molar-refractivity contribution in [3.63, 3.8) is 0 Å². The zero-order valence-corrected chi connectivity index (χ0v) is 14.8. The van der Waals surface area contributed by atoms with Crippen LogP contribution in [0.5, 0.6) is 11.8 Å². The Bertz CT molecular complexity index is 688. The van der Waals surface area contributed by atoms with E-state index in [4.69, 9.17) is 21.1 Å². The van der Waals surface area contributed by atoms with E-state index < -0.39 is 0 Å². The van der Waals surface area contributed by atoms with Gasteiger partial charge >= 0.3 is 0 Å². The molecule has 5 nitrogen and oxygen atoms in total. The number of aryl methyl sites for hydroxylation is 1. The number of rotatable bonds is 5. The van der Waals surface area contributed by atoms with Crippen LogP contribution in [0.25, 0.3) is 0 Å². The summed E-state index contributed by atoms with van der Waals surface area (Å²) in [6.45, 7) is 4.84. The second-order valence-corrected chi connectivity index (χ2v) is 6.46. The van der Waals surface area contributed by atoms with Crippen molar-refractivity contribution < 1.29 is 9.47 Å². The summed E-state index contributed by atoms with van der Waals surface area (Å²) in [7, 11) is 1.57. The van der Waals surface area contributed by atoms with Crippen LogP contribution in [0.3, 0.4) is 0 Å². The second kappa shape index (κ2) is 7.81. The molecule has 0 bridgehead atoms. The molecule has 0 aromatic carbocycles. The maximum absolute atomic E-state index is 6.14. The molecule has 1 fully saturated rings. The molecule has 2 aromatic rings. The van der Waals surface area contributed by atoms with Crippen molar-refractivity contribution in [2.24, 2.45) is 0 Å². The molecule has 0 unspecified atom stereocenters. The molecule has 0 N–H and O–H groups in total. The molecule has 0 amide bonds. The number of ether oxygens (including phenoxy) is 2. The standard InChI is InChI=1S/C18H22ClN3O2/c1-13-4-3-7-20-17(13)24-15-5-8-22(9-6-15)12-14-10-16(19)18(23-2)21-11-14/h3-4,7,10-11,15H,5-6,8-9,12H2,1-2H3. The van der Waals surface area contributed by atoms with Gasteiger partial charge in [0.05, 0.1) is 7.11 Å². The topological polar surface area (TPSA) is 47.5 Å². The van der Waals surface area contributed by atoms with E-state index in [1.807, 2.05) is 31.3 Å². The molecule has 0 radical (unpaired) electrons. The molecule has 0 spiro atoms. The number of aromatic nitrogens is 2. The largest absolute Gasteiger partial charge is 0.480 e. The third-order valence-corrected chi connectivity index (χ3v) is 4.51. The molecule has 24 heavy (non-hydrogen) atoms. The Morgan fingerprint density at radius 1 is 1.25 bits per heavy atom. The summed E-state index contributed by atoms with van der Waals surface area (Å²) in [4.78, 5) is 10.9. The number of pyridine rings is 2. The van der Waals surface area contributed by atoms with Crippen LogP contribution in [0.2, 0.25) is 5.02 Å². The normalized spacial score (nSPS) is 16.1. The first-order valence-electron chi connectivity index (χ1n) is 8.14. The van der Waals surface area contributed by atoms with Crippen molar-refractivity contribution in [2.45, 2.75) is 32.4 Å². The smallest absolute Gasteiger partial charge is 0.232 e. The predicted molar refractivity (Wildman–Crippen MR) is 93.7 cm³/mol. The van der Waals surface area contributed by atoms with Gasteiger partial charge in [-0.1, -0.05) is 17.7 Å². The fraction of sp³-hybridized carbons (Fsp3) is 0.444. The van der Waals surface area contributed by atoms with Crippen molar-refractivity contribution in [1.82, 2.24) is 14.9 Å². The van der Waals surface area contributed by atoms with Crippen molar-refractivity contribution in [3.8, 4) is 11.8 Å². The number of likely N-dealkylation sites (tertiary alicyclic amines) is 1. The average molecular weight is 348 g/mol. The van der Waals surface area contributed by atoms with E-state index in [1.54, 1.807) is 13.3 Å². The Hall–Kier alpha value is -1.85. The highest BCUT2D eigenvalue weighted by Gasteiger charge is 2.21. The van der Waals surface area contributed by atoms with Gasteiger partial charge in [0.2, 0.25) is 11.8 Å². The minimum absolute atomic E-state index is 0.229. The zero-order chi connectivity index (χ0) is 16.9. The molecule has 0 aliphatic carbocycles. The Kier molecular flexibility index (Phi) is 5.53. The van der Waals surface area contributed by atoms with E-state index in [9.17, 15) is 0 Å². The SMILES string of the molecule is COc1ncc(CN2CCC(Oc3ncccc3C)CC2)cc1Cl. The van der Waals surface area contributed by atoms with Gasteiger partial charge < -0.3 is 9.47 Å². The van der Waals surface area contributed by atoms with Crippen LogP contribution >= 0.6 is 11.6 Å². The lowest BCUT2D eigenvalue weighted by Crippen LogP contribution is -2.38. The first kappa shape index (κ1) is 17.0. The summed E-state index contributed by atoms with van der Waals surface area (Å²) >= 11 is 6.14. The highest BCUT2D eigenvalue weighted by molar-refractivity contribution is 6.31. The van der Waals surface area contributed by atoms with Crippen molar-refractivity contribution in [2.75, 3.05) is 20.2 Å². The Balaban J connectivity index is 1.52. The lowest BCUT2D eigenvalue weighted by molar-refractivity contribution is 0.0925. The highest BCUT2D eigenvalue weighted by Crippen LogP contribution is 2.24. The fourth-order valence-electron chi connectivity index (χ4n) is 2.90. The Morgan fingerprint density at radius 2 is 2.04 bits per heavy atom. The predicted octanol–water partition coefficient (Wildman–Crippen LogP) is 3.49. The number of hydrogen-bond donors (Lipinski definition) is 0. The quantitative estimate of drug-likeness (QED) is 0.828. The van der Waals surface area contributed by atoms with Gasteiger partial charge in [0, 0.05) is 37.6 Å². The minimum Gasteiger partial charge on any atom is -0.480 e. The number of piperidine rings is 1.